The van der Waals surface area contributed by atoms with Crippen LogP contribution in [0.1, 0.15) is 25.8 Å². The van der Waals surface area contributed by atoms with E-state index in [1.54, 1.807) is 26.0 Å². The van der Waals surface area contributed by atoms with E-state index in [0.717, 1.165) is 0 Å². The fraction of sp³-hybridized carbons (Fsp3) is 0.500. The van der Waals surface area contributed by atoms with Gasteiger partial charge in [0, 0.05) is 17.7 Å². The van der Waals surface area contributed by atoms with E-state index >= 15 is 0 Å². The summed E-state index contributed by atoms with van der Waals surface area (Å²) in [4.78, 5) is 3.99. The molecule has 1 unspecified atom stereocenters. The number of ether oxygens (including phenoxy) is 2. The first-order valence-corrected chi connectivity index (χ1v) is 6.60. The number of alkyl halides is 2. The number of aliphatic imine (C=N–C) groups is 1. The van der Waals surface area contributed by atoms with E-state index in [1.165, 1.54) is 6.07 Å². The maximum atomic E-state index is 14.7. The SMILES string of the molecule is CC1(C)CC2(N=C(N)OCC2(F)F)c2cc(N)ccc2O1. The lowest BCUT2D eigenvalue weighted by atomic mass is 9.73. The molecule has 0 amide bonds. The molecule has 0 aliphatic carbocycles. The van der Waals surface area contributed by atoms with Gasteiger partial charge in [-0.25, -0.2) is 4.99 Å². The molecule has 0 bridgehead atoms. The molecule has 5 nitrogen and oxygen atoms in total. The lowest BCUT2D eigenvalue weighted by molar-refractivity contribution is -0.148. The minimum absolute atomic E-state index is 0.0203. The number of fused-ring (bicyclic) bond motifs is 2. The Morgan fingerprint density at radius 2 is 1.95 bits per heavy atom. The van der Waals surface area contributed by atoms with Gasteiger partial charge in [0.05, 0.1) is 0 Å². The molecule has 0 fully saturated rings. The summed E-state index contributed by atoms with van der Waals surface area (Å²) in [5, 5.41) is 0. The molecule has 1 aromatic carbocycles. The van der Waals surface area contributed by atoms with Crippen LogP contribution in [0.4, 0.5) is 14.5 Å². The van der Waals surface area contributed by atoms with Crippen LogP contribution in [0.15, 0.2) is 23.2 Å². The van der Waals surface area contributed by atoms with Gasteiger partial charge in [0.2, 0.25) is 0 Å². The van der Waals surface area contributed by atoms with Crippen LogP contribution in [0.2, 0.25) is 0 Å². The van der Waals surface area contributed by atoms with Gasteiger partial charge in [0.15, 0.2) is 12.1 Å². The van der Waals surface area contributed by atoms with Gasteiger partial charge in [0.25, 0.3) is 6.02 Å². The van der Waals surface area contributed by atoms with Crippen LogP contribution in [0.25, 0.3) is 0 Å². The molecule has 2 aliphatic heterocycles. The number of nitrogens with zero attached hydrogens (tertiary/aromatic N) is 1. The highest BCUT2D eigenvalue weighted by molar-refractivity contribution is 5.74. The molecule has 1 atom stereocenters. The Labute approximate surface area is 120 Å². The van der Waals surface area contributed by atoms with Gasteiger partial charge in [-0.2, -0.15) is 8.78 Å². The van der Waals surface area contributed by atoms with Crippen molar-refractivity contribution in [2.75, 3.05) is 12.3 Å². The first kappa shape index (κ1) is 13.9. The molecule has 4 N–H and O–H groups in total. The predicted molar refractivity (Wildman–Crippen MR) is 74.4 cm³/mol. The Morgan fingerprint density at radius 1 is 1.24 bits per heavy atom. The van der Waals surface area contributed by atoms with Crippen molar-refractivity contribution in [1.82, 2.24) is 0 Å². The van der Waals surface area contributed by atoms with Crippen molar-refractivity contribution in [1.29, 1.82) is 0 Å². The number of anilines is 1. The summed E-state index contributed by atoms with van der Waals surface area (Å²) < 4.78 is 39.9. The Morgan fingerprint density at radius 3 is 2.67 bits per heavy atom. The Kier molecular flexibility index (Phi) is 2.64. The molecule has 2 aliphatic rings. The predicted octanol–water partition coefficient (Wildman–Crippen LogP) is 2.01. The summed E-state index contributed by atoms with van der Waals surface area (Å²) in [6, 6.07) is 4.43. The second-order valence-electron chi connectivity index (χ2n) is 6.10. The van der Waals surface area contributed by atoms with Crippen molar-refractivity contribution in [3.63, 3.8) is 0 Å². The van der Waals surface area contributed by atoms with Crippen molar-refractivity contribution in [3.05, 3.63) is 23.8 Å². The van der Waals surface area contributed by atoms with E-state index in [0.29, 0.717) is 11.4 Å². The van der Waals surface area contributed by atoms with Crippen molar-refractivity contribution in [3.8, 4) is 5.75 Å². The van der Waals surface area contributed by atoms with E-state index in [2.05, 4.69) is 4.99 Å². The van der Waals surface area contributed by atoms with Gasteiger partial charge in [0.1, 0.15) is 11.4 Å². The summed E-state index contributed by atoms with van der Waals surface area (Å²) in [5.41, 5.74) is 9.31. The van der Waals surface area contributed by atoms with Crippen LogP contribution in [0.5, 0.6) is 5.75 Å². The third kappa shape index (κ3) is 1.99. The number of halogens is 2. The summed E-state index contributed by atoms with van der Waals surface area (Å²) in [7, 11) is 0. The van der Waals surface area contributed by atoms with Crippen LogP contribution < -0.4 is 16.2 Å². The van der Waals surface area contributed by atoms with Gasteiger partial charge < -0.3 is 20.9 Å². The molecule has 114 valence electrons. The standard InChI is InChI=1S/C14H17F2N3O2/c1-12(2)6-13(14(15,16)7-20-11(18)19-13)9-5-8(17)3-4-10(9)21-12/h3-5H,6-7,17H2,1-2H3,(H2,18,19). The molecular weight excluding hydrogens is 280 g/mol. The minimum Gasteiger partial charge on any atom is -0.487 e. The first-order valence-electron chi connectivity index (χ1n) is 6.60. The Hall–Kier alpha value is -2.05. The number of hydrogen-bond acceptors (Lipinski definition) is 5. The average Bonchev–Trinajstić information content (AvgIpc) is 2.35. The van der Waals surface area contributed by atoms with Gasteiger partial charge in [-0.3, -0.25) is 0 Å². The Balaban J connectivity index is 2.30. The third-order valence-electron chi connectivity index (χ3n) is 3.82. The minimum atomic E-state index is -3.21. The summed E-state index contributed by atoms with van der Waals surface area (Å²) in [6.07, 6.45) is -0.0203. The molecule has 2 heterocycles. The topological polar surface area (TPSA) is 82.9 Å². The van der Waals surface area contributed by atoms with Gasteiger partial charge in [-0.05, 0) is 32.0 Å². The number of rotatable bonds is 0. The quantitative estimate of drug-likeness (QED) is 0.718. The normalized spacial score (nSPS) is 29.0. The maximum absolute atomic E-state index is 14.7. The van der Waals surface area contributed by atoms with E-state index in [1.807, 2.05) is 0 Å². The molecule has 7 heteroatoms. The molecule has 0 saturated carbocycles. The number of nitrogens with two attached hydrogens (primary N) is 2. The molecule has 0 radical (unpaired) electrons. The van der Waals surface area contributed by atoms with Crippen molar-refractivity contribution >= 4 is 11.7 Å². The van der Waals surface area contributed by atoms with Crippen molar-refractivity contribution in [2.24, 2.45) is 10.7 Å². The second-order valence-corrected chi connectivity index (χ2v) is 6.10. The first-order chi connectivity index (χ1) is 9.65. The van der Waals surface area contributed by atoms with E-state index in [9.17, 15) is 8.78 Å². The Bertz CT molecular complexity index is 631. The molecule has 1 spiro atoms. The van der Waals surface area contributed by atoms with Crippen LogP contribution >= 0.6 is 0 Å². The van der Waals surface area contributed by atoms with Gasteiger partial charge >= 0.3 is 5.92 Å². The zero-order chi connectivity index (χ0) is 15.5. The lowest BCUT2D eigenvalue weighted by Gasteiger charge is -2.48. The van der Waals surface area contributed by atoms with Crippen LogP contribution in [0, 0.1) is 0 Å². The molecule has 3 rings (SSSR count). The average molecular weight is 297 g/mol. The van der Waals surface area contributed by atoms with Gasteiger partial charge in [-0.15, -0.1) is 0 Å². The summed E-state index contributed by atoms with van der Waals surface area (Å²) in [6.45, 7) is 2.67. The van der Waals surface area contributed by atoms with E-state index in [-0.39, 0.29) is 18.0 Å². The number of benzene rings is 1. The van der Waals surface area contributed by atoms with Crippen LogP contribution in [-0.4, -0.2) is 24.2 Å². The van der Waals surface area contributed by atoms with Crippen molar-refractivity contribution < 1.29 is 18.3 Å². The summed E-state index contributed by atoms with van der Waals surface area (Å²) >= 11 is 0. The molecular formula is C14H17F2N3O2. The zero-order valence-corrected chi connectivity index (χ0v) is 11.8. The largest absolute Gasteiger partial charge is 0.487 e. The molecule has 21 heavy (non-hydrogen) atoms. The monoisotopic (exact) mass is 297 g/mol. The third-order valence-corrected chi connectivity index (χ3v) is 3.82. The summed E-state index contributed by atoms with van der Waals surface area (Å²) in [5.74, 6) is -2.86. The van der Waals surface area contributed by atoms with Crippen LogP contribution in [-0.2, 0) is 10.3 Å². The molecule has 0 aromatic heterocycles. The maximum Gasteiger partial charge on any atom is 0.310 e. The highest BCUT2D eigenvalue weighted by Crippen LogP contribution is 2.55. The van der Waals surface area contributed by atoms with E-state index < -0.39 is 23.7 Å². The smallest absolute Gasteiger partial charge is 0.310 e. The van der Waals surface area contributed by atoms with E-state index in [4.69, 9.17) is 20.9 Å². The second kappa shape index (κ2) is 3.99. The molecule has 1 aromatic rings. The zero-order valence-electron chi connectivity index (χ0n) is 11.8. The fourth-order valence-corrected chi connectivity index (χ4v) is 3.02. The van der Waals surface area contributed by atoms with Crippen LogP contribution in [0.3, 0.4) is 0 Å². The highest BCUT2D eigenvalue weighted by Gasteiger charge is 2.63. The van der Waals surface area contributed by atoms with Gasteiger partial charge in [-0.1, -0.05) is 0 Å². The molecule has 0 saturated heterocycles. The van der Waals surface area contributed by atoms with Crippen molar-refractivity contribution in [2.45, 2.75) is 37.3 Å². The highest BCUT2D eigenvalue weighted by atomic mass is 19.3. The number of hydrogen-bond donors (Lipinski definition) is 2. The number of nitrogen functional groups attached to an aromatic ring is 1. The fourth-order valence-electron chi connectivity index (χ4n) is 3.02. The lowest BCUT2D eigenvalue weighted by Crippen LogP contribution is -2.58. The number of amidine groups is 1.